The summed E-state index contributed by atoms with van der Waals surface area (Å²) in [6, 6.07) is 4.18. The SMILES string of the molecule is COC(=O)CN1CCN(CCOc2cccc(Br)c2C(F)(F)F)CC1. The van der Waals surface area contributed by atoms with Crippen molar-refractivity contribution in [3.05, 3.63) is 28.2 Å². The molecule has 0 bridgehead atoms. The lowest BCUT2D eigenvalue weighted by Crippen LogP contribution is -2.48. The van der Waals surface area contributed by atoms with Crippen LogP contribution in [0.25, 0.3) is 0 Å². The van der Waals surface area contributed by atoms with E-state index in [-0.39, 0.29) is 29.3 Å². The molecule has 1 fully saturated rings. The van der Waals surface area contributed by atoms with Crippen LogP contribution in [0.4, 0.5) is 13.2 Å². The lowest BCUT2D eigenvalue weighted by atomic mass is 10.2. The van der Waals surface area contributed by atoms with Crippen LogP contribution >= 0.6 is 15.9 Å². The van der Waals surface area contributed by atoms with E-state index >= 15 is 0 Å². The van der Waals surface area contributed by atoms with Gasteiger partial charge in [0, 0.05) is 37.2 Å². The first kappa shape index (κ1) is 20.0. The monoisotopic (exact) mass is 424 g/mol. The Morgan fingerprint density at radius 3 is 2.44 bits per heavy atom. The number of methoxy groups -OCH3 is 1. The van der Waals surface area contributed by atoms with E-state index in [9.17, 15) is 18.0 Å². The third-order valence-electron chi connectivity index (χ3n) is 3.97. The average molecular weight is 425 g/mol. The number of halogens is 4. The van der Waals surface area contributed by atoms with Gasteiger partial charge in [-0.3, -0.25) is 14.6 Å². The number of alkyl halides is 3. The number of carbonyl (C=O) groups excluding carboxylic acids is 1. The zero-order chi connectivity index (χ0) is 18.4. The number of hydrogen-bond acceptors (Lipinski definition) is 5. The number of esters is 1. The first-order valence-electron chi connectivity index (χ1n) is 7.81. The highest BCUT2D eigenvalue weighted by molar-refractivity contribution is 9.10. The van der Waals surface area contributed by atoms with E-state index in [4.69, 9.17) is 4.74 Å². The molecule has 1 aromatic carbocycles. The minimum atomic E-state index is -4.48. The summed E-state index contributed by atoms with van der Waals surface area (Å²) >= 11 is 2.93. The third-order valence-corrected chi connectivity index (χ3v) is 4.63. The number of benzene rings is 1. The molecule has 1 aromatic rings. The second kappa shape index (κ2) is 8.86. The minimum absolute atomic E-state index is 0.0334. The molecule has 0 radical (unpaired) electrons. The fraction of sp³-hybridized carbons (Fsp3) is 0.562. The van der Waals surface area contributed by atoms with Gasteiger partial charge in [0.15, 0.2) is 0 Å². The van der Waals surface area contributed by atoms with E-state index in [0.717, 1.165) is 13.1 Å². The Kier molecular flexibility index (Phi) is 7.09. The van der Waals surface area contributed by atoms with E-state index in [2.05, 4.69) is 25.6 Å². The summed E-state index contributed by atoms with van der Waals surface area (Å²) in [5.41, 5.74) is -0.794. The maximum absolute atomic E-state index is 13.1. The van der Waals surface area contributed by atoms with Crippen molar-refractivity contribution in [3.8, 4) is 5.75 Å². The van der Waals surface area contributed by atoms with Crippen LogP contribution in [0.5, 0.6) is 5.75 Å². The van der Waals surface area contributed by atoms with Crippen molar-refractivity contribution in [2.45, 2.75) is 6.18 Å². The highest BCUT2D eigenvalue weighted by Gasteiger charge is 2.36. The summed E-state index contributed by atoms with van der Waals surface area (Å²) in [6.07, 6.45) is -4.48. The van der Waals surface area contributed by atoms with E-state index < -0.39 is 11.7 Å². The van der Waals surface area contributed by atoms with E-state index in [0.29, 0.717) is 19.6 Å². The van der Waals surface area contributed by atoms with Crippen molar-refractivity contribution in [1.29, 1.82) is 0 Å². The molecular formula is C16H20BrF3N2O3. The summed E-state index contributed by atoms with van der Waals surface area (Å²) in [5, 5.41) is 0. The fourth-order valence-corrected chi connectivity index (χ4v) is 3.18. The van der Waals surface area contributed by atoms with Crippen LogP contribution in [0.15, 0.2) is 22.7 Å². The first-order valence-corrected chi connectivity index (χ1v) is 8.60. The van der Waals surface area contributed by atoms with Crippen LogP contribution in [-0.2, 0) is 15.7 Å². The molecule has 9 heteroatoms. The maximum Gasteiger partial charge on any atom is 0.421 e. The molecule has 0 unspecified atom stereocenters. The van der Waals surface area contributed by atoms with Crippen LogP contribution in [0.2, 0.25) is 0 Å². The number of piperazine rings is 1. The second-order valence-corrected chi connectivity index (χ2v) is 6.51. The predicted molar refractivity (Wildman–Crippen MR) is 89.5 cm³/mol. The van der Waals surface area contributed by atoms with Crippen molar-refractivity contribution in [2.75, 3.05) is 53.0 Å². The molecule has 0 amide bonds. The molecule has 2 rings (SSSR count). The van der Waals surface area contributed by atoms with Crippen molar-refractivity contribution in [1.82, 2.24) is 9.80 Å². The molecule has 140 valence electrons. The Balaban J connectivity index is 1.81. The summed E-state index contributed by atoms with van der Waals surface area (Å²) in [7, 11) is 1.35. The molecule has 1 heterocycles. The zero-order valence-electron chi connectivity index (χ0n) is 13.8. The second-order valence-electron chi connectivity index (χ2n) is 5.65. The molecule has 1 saturated heterocycles. The molecule has 0 atom stereocenters. The van der Waals surface area contributed by atoms with Crippen molar-refractivity contribution in [3.63, 3.8) is 0 Å². The van der Waals surface area contributed by atoms with E-state index in [1.54, 1.807) is 0 Å². The van der Waals surface area contributed by atoms with Gasteiger partial charge in [0.05, 0.1) is 13.7 Å². The molecule has 0 aromatic heterocycles. The van der Waals surface area contributed by atoms with Gasteiger partial charge in [-0.25, -0.2) is 0 Å². The third kappa shape index (κ3) is 5.86. The Morgan fingerprint density at radius 1 is 1.20 bits per heavy atom. The van der Waals surface area contributed by atoms with E-state index in [1.807, 2.05) is 4.90 Å². The van der Waals surface area contributed by atoms with Crippen molar-refractivity contribution >= 4 is 21.9 Å². The Hall–Kier alpha value is -1.32. The van der Waals surface area contributed by atoms with E-state index in [1.165, 1.54) is 25.3 Å². The highest BCUT2D eigenvalue weighted by Crippen LogP contribution is 2.40. The molecule has 0 saturated carbocycles. The molecule has 0 N–H and O–H groups in total. The lowest BCUT2D eigenvalue weighted by Gasteiger charge is -2.33. The largest absolute Gasteiger partial charge is 0.492 e. The average Bonchev–Trinajstić information content (AvgIpc) is 2.55. The Morgan fingerprint density at radius 2 is 1.84 bits per heavy atom. The molecular weight excluding hydrogens is 405 g/mol. The van der Waals surface area contributed by atoms with Gasteiger partial charge >= 0.3 is 12.1 Å². The lowest BCUT2D eigenvalue weighted by molar-refractivity contribution is -0.142. The fourth-order valence-electron chi connectivity index (χ4n) is 2.60. The van der Waals surface area contributed by atoms with Crippen molar-refractivity contribution < 1.29 is 27.4 Å². The van der Waals surface area contributed by atoms with Gasteiger partial charge in [0.1, 0.15) is 17.9 Å². The maximum atomic E-state index is 13.1. The molecule has 1 aliphatic heterocycles. The molecule has 5 nitrogen and oxygen atoms in total. The smallest absolute Gasteiger partial charge is 0.421 e. The molecule has 1 aliphatic rings. The number of nitrogens with zero attached hydrogens (tertiary/aromatic N) is 2. The van der Waals surface area contributed by atoms with Gasteiger partial charge in [-0.05, 0) is 12.1 Å². The van der Waals surface area contributed by atoms with Gasteiger partial charge < -0.3 is 9.47 Å². The highest BCUT2D eigenvalue weighted by atomic mass is 79.9. The van der Waals surface area contributed by atoms with Crippen LogP contribution < -0.4 is 4.74 Å². The number of ether oxygens (including phenoxy) is 2. The standard InChI is InChI=1S/C16H20BrF3N2O3/c1-24-14(23)11-22-7-5-21(6-8-22)9-10-25-13-4-2-3-12(17)15(13)16(18,19)20/h2-4H,5-11H2,1H3. The number of rotatable bonds is 6. The molecule has 25 heavy (non-hydrogen) atoms. The first-order chi connectivity index (χ1) is 11.8. The van der Waals surface area contributed by atoms with Gasteiger partial charge in [-0.15, -0.1) is 0 Å². The van der Waals surface area contributed by atoms with Crippen LogP contribution in [0.3, 0.4) is 0 Å². The summed E-state index contributed by atoms with van der Waals surface area (Å²) < 4.78 is 49.3. The molecule has 0 aliphatic carbocycles. The van der Waals surface area contributed by atoms with Gasteiger partial charge in [0.2, 0.25) is 0 Å². The number of carbonyl (C=O) groups is 1. The van der Waals surface area contributed by atoms with Crippen LogP contribution in [0, 0.1) is 0 Å². The Bertz CT molecular complexity index is 590. The normalized spacial score (nSPS) is 16.7. The summed E-state index contributed by atoms with van der Waals surface area (Å²) in [6.45, 7) is 3.82. The Labute approximate surface area is 152 Å². The predicted octanol–water partition coefficient (Wildman–Crippen LogP) is 2.64. The quantitative estimate of drug-likeness (QED) is 0.656. The van der Waals surface area contributed by atoms with Crippen molar-refractivity contribution in [2.24, 2.45) is 0 Å². The van der Waals surface area contributed by atoms with Gasteiger partial charge in [-0.1, -0.05) is 22.0 Å². The van der Waals surface area contributed by atoms with Gasteiger partial charge in [0.25, 0.3) is 0 Å². The zero-order valence-corrected chi connectivity index (χ0v) is 15.4. The summed E-state index contributed by atoms with van der Waals surface area (Å²) in [4.78, 5) is 15.3. The molecule has 0 spiro atoms. The topological polar surface area (TPSA) is 42.0 Å². The minimum Gasteiger partial charge on any atom is -0.492 e. The summed E-state index contributed by atoms with van der Waals surface area (Å²) in [5.74, 6) is -0.447. The van der Waals surface area contributed by atoms with Crippen LogP contribution in [-0.4, -0.2) is 68.8 Å². The number of hydrogen-bond donors (Lipinski definition) is 0. The van der Waals surface area contributed by atoms with Gasteiger partial charge in [-0.2, -0.15) is 13.2 Å². The van der Waals surface area contributed by atoms with Crippen LogP contribution in [0.1, 0.15) is 5.56 Å².